The summed E-state index contributed by atoms with van der Waals surface area (Å²) in [5, 5.41) is 31.3. The number of fused-ring (bicyclic) bond motifs is 1. The zero-order valence-electron chi connectivity index (χ0n) is 43.5. The van der Waals surface area contributed by atoms with E-state index in [4.69, 9.17) is 22.9 Å². The van der Waals surface area contributed by atoms with E-state index in [9.17, 15) is 53.1 Å². The van der Waals surface area contributed by atoms with Gasteiger partial charge in [-0.1, -0.05) is 78.9 Å². The largest absolute Gasteiger partial charge is 0.480 e. The number of primary amides is 1. The number of carboxylic acid groups (broad SMARTS) is 1. The molecule has 8 unspecified atom stereocenters. The molecule has 1 aromatic heterocycles. The van der Waals surface area contributed by atoms with Crippen LogP contribution in [0.2, 0.25) is 0 Å². The molecule has 0 aliphatic carbocycles. The summed E-state index contributed by atoms with van der Waals surface area (Å²) in [5.74, 6) is -9.25. The summed E-state index contributed by atoms with van der Waals surface area (Å²) in [7, 11) is 0. The van der Waals surface area contributed by atoms with Crippen LogP contribution in [0.25, 0.3) is 10.9 Å². The molecule has 0 fully saturated rings. The summed E-state index contributed by atoms with van der Waals surface area (Å²) in [5.41, 5.74) is 25.0. The molecule has 18 N–H and O–H groups in total. The zero-order valence-corrected chi connectivity index (χ0v) is 44.4. The molecule has 0 radical (unpaired) electrons. The van der Waals surface area contributed by atoms with Crippen molar-refractivity contribution in [1.82, 2.24) is 47.5 Å². The number of amides is 9. The number of rotatable bonds is 34. The number of benzene rings is 3. The van der Waals surface area contributed by atoms with Crippen LogP contribution < -0.4 is 65.5 Å². The average molecular weight is 1100 g/mol. The number of H-pyrrole nitrogens is 1. The van der Waals surface area contributed by atoms with E-state index in [1.807, 2.05) is 18.2 Å². The maximum Gasteiger partial charge on any atom is 0.326 e. The topological polar surface area (TPSA) is 407 Å². The number of para-hydroxylation sites is 1. The van der Waals surface area contributed by atoms with Crippen molar-refractivity contribution in [3.05, 3.63) is 108 Å². The monoisotopic (exact) mass is 1100 g/mol. The number of hydrogen-bond donors (Lipinski definition) is 15. The molecule has 24 nitrogen and oxygen atoms in total. The first-order valence-corrected chi connectivity index (χ1v) is 26.3. The van der Waals surface area contributed by atoms with E-state index in [0.29, 0.717) is 48.9 Å². The van der Waals surface area contributed by atoms with Crippen molar-refractivity contribution in [2.24, 2.45) is 22.9 Å². The Balaban J connectivity index is 1.64. The molecule has 3 aromatic carbocycles. The van der Waals surface area contributed by atoms with Gasteiger partial charge in [0.05, 0.1) is 19.0 Å². The van der Waals surface area contributed by atoms with Crippen LogP contribution in [-0.2, 0) is 67.2 Å². The fourth-order valence-electron chi connectivity index (χ4n) is 8.17. The highest BCUT2D eigenvalue weighted by Crippen LogP contribution is 2.20. The van der Waals surface area contributed by atoms with Crippen molar-refractivity contribution in [3.8, 4) is 0 Å². The number of carboxylic acids is 1. The fraction of sp³-hybridized carbons (Fsp3) is 0.434. The standard InChI is InChI=1S/C53H73N13O11S/c1-31(56)46(69)59-29-45(68)60-43(30-78)52(75)61-37(20-10-12-22-54)47(70)66-42(27-44(57)67)51(74)64-39(24-32-14-4-2-5-15-32)48(71)63-40(25-33-16-6-3-7-17-33)49(72)65-41(26-34-28-58-36-19-9-8-18-35(34)36)50(73)62-38(53(76)77)21-11-13-23-55/h2-9,14-19,28,31,37-43,58,78H,10-13,20-27,29-30,54-56H2,1H3,(H2,57,67)(H,59,69)(H,60,68)(H,61,75)(H,62,73)(H,63,71)(H,64,74)(H,65,72)(H,66,70)(H,76,77). The number of nitrogens with one attached hydrogen (secondary N) is 9. The Morgan fingerprint density at radius 1 is 0.538 bits per heavy atom. The smallest absolute Gasteiger partial charge is 0.326 e. The van der Waals surface area contributed by atoms with Crippen LogP contribution in [0.4, 0.5) is 0 Å². The maximum absolute atomic E-state index is 14.7. The Morgan fingerprint density at radius 2 is 0.974 bits per heavy atom. The van der Waals surface area contributed by atoms with Crippen LogP contribution in [-0.4, -0.2) is 143 Å². The number of carbonyl (C=O) groups is 10. The quantitative estimate of drug-likeness (QED) is 0.0181. The first-order chi connectivity index (χ1) is 37.3. The van der Waals surface area contributed by atoms with Crippen molar-refractivity contribution in [2.45, 2.75) is 119 Å². The third kappa shape index (κ3) is 20.9. The Morgan fingerprint density at radius 3 is 1.47 bits per heavy atom. The number of hydrogen-bond acceptors (Lipinski definition) is 14. The molecule has 0 bridgehead atoms. The van der Waals surface area contributed by atoms with Gasteiger partial charge in [0, 0.05) is 42.1 Å². The van der Waals surface area contributed by atoms with Crippen molar-refractivity contribution in [2.75, 3.05) is 25.4 Å². The van der Waals surface area contributed by atoms with Crippen molar-refractivity contribution in [1.29, 1.82) is 0 Å². The minimum atomic E-state index is -1.72. The second-order valence-corrected chi connectivity index (χ2v) is 19.1. The molecule has 4 rings (SSSR count). The lowest BCUT2D eigenvalue weighted by molar-refractivity contribution is -0.142. The third-order valence-corrected chi connectivity index (χ3v) is 12.8. The van der Waals surface area contributed by atoms with Gasteiger partial charge in [-0.15, -0.1) is 0 Å². The first kappa shape index (κ1) is 62.7. The van der Waals surface area contributed by atoms with Gasteiger partial charge in [-0.25, -0.2) is 4.79 Å². The minimum absolute atomic E-state index is 0.0134. The minimum Gasteiger partial charge on any atom is -0.480 e. The molecule has 0 aliphatic heterocycles. The van der Waals surface area contributed by atoms with Gasteiger partial charge < -0.3 is 75.6 Å². The van der Waals surface area contributed by atoms with E-state index >= 15 is 0 Å². The molecule has 422 valence electrons. The van der Waals surface area contributed by atoms with Crippen molar-refractivity contribution >= 4 is 82.7 Å². The van der Waals surface area contributed by atoms with Crippen LogP contribution in [0.15, 0.2) is 91.1 Å². The molecular formula is C53H73N13O11S. The van der Waals surface area contributed by atoms with Crippen LogP contribution in [0.3, 0.4) is 0 Å². The highest BCUT2D eigenvalue weighted by atomic mass is 32.1. The second-order valence-electron chi connectivity index (χ2n) is 18.7. The van der Waals surface area contributed by atoms with Crippen molar-refractivity contribution < 1.29 is 53.1 Å². The summed E-state index contributed by atoms with van der Waals surface area (Å²) in [4.78, 5) is 138. The lowest BCUT2D eigenvalue weighted by Gasteiger charge is -2.28. The summed E-state index contributed by atoms with van der Waals surface area (Å²) < 4.78 is 0. The summed E-state index contributed by atoms with van der Waals surface area (Å²) in [6.45, 7) is 1.46. The maximum atomic E-state index is 14.7. The van der Waals surface area contributed by atoms with Gasteiger partial charge >= 0.3 is 5.97 Å². The number of aromatic amines is 1. The Labute approximate surface area is 457 Å². The van der Waals surface area contributed by atoms with E-state index in [2.05, 4.69) is 60.1 Å². The van der Waals surface area contributed by atoms with Crippen LogP contribution in [0, 0.1) is 0 Å². The van der Waals surface area contributed by atoms with Gasteiger partial charge in [-0.3, -0.25) is 43.2 Å². The van der Waals surface area contributed by atoms with Crippen LogP contribution in [0.1, 0.15) is 68.6 Å². The van der Waals surface area contributed by atoms with Gasteiger partial charge in [0.2, 0.25) is 53.2 Å². The number of aliphatic carboxylic acids is 1. The number of thiol groups is 1. The van der Waals surface area contributed by atoms with Gasteiger partial charge in [-0.2, -0.15) is 12.6 Å². The Hall–Kier alpha value is -7.87. The lowest BCUT2D eigenvalue weighted by Crippen LogP contribution is -2.61. The van der Waals surface area contributed by atoms with E-state index in [-0.39, 0.29) is 44.4 Å². The first-order valence-electron chi connectivity index (χ1n) is 25.6. The summed E-state index contributed by atoms with van der Waals surface area (Å²) in [6.07, 6.45) is 2.23. The van der Waals surface area contributed by atoms with Gasteiger partial charge in [0.15, 0.2) is 0 Å². The predicted molar refractivity (Wildman–Crippen MR) is 294 cm³/mol. The average Bonchev–Trinajstić information content (AvgIpc) is 3.83. The van der Waals surface area contributed by atoms with Gasteiger partial charge in [0.1, 0.15) is 42.3 Å². The molecule has 8 atom stereocenters. The number of carbonyl (C=O) groups excluding carboxylic acids is 9. The highest BCUT2D eigenvalue weighted by Gasteiger charge is 2.35. The summed E-state index contributed by atoms with van der Waals surface area (Å²) in [6, 6.07) is 13.5. The third-order valence-electron chi connectivity index (χ3n) is 12.4. The predicted octanol–water partition coefficient (Wildman–Crippen LogP) is -1.80. The number of nitrogens with two attached hydrogens (primary N) is 4. The molecule has 0 spiro atoms. The molecule has 9 amide bonds. The Bertz CT molecular complexity index is 2660. The second kappa shape index (κ2) is 32.7. The molecule has 0 saturated heterocycles. The molecular weight excluding hydrogens is 1030 g/mol. The lowest BCUT2D eigenvalue weighted by atomic mass is 10.00. The van der Waals surface area contributed by atoms with Crippen LogP contribution >= 0.6 is 12.6 Å². The fourth-order valence-corrected chi connectivity index (χ4v) is 8.43. The van der Waals surface area contributed by atoms with E-state index in [0.717, 1.165) is 10.9 Å². The number of unbranched alkanes of at least 4 members (excludes halogenated alkanes) is 2. The zero-order chi connectivity index (χ0) is 57.1. The van der Waals surface area contributed by atoms with E-state index < -0.39 is 120 Å². The van der Waals surface area contributed by atoms with Crippen molar-refractivity contribution in [3.63, 3.8) is 0 Å². The molecule has 0 saturated carbocycles. The van der Waals surface area contributed by atoms with Gasteiger partial charge in [0.25, 0.3) is 0 Å². The Kier molecular flexibility index (Phi) is 26.2. The molecule has 4 aromatic rings. The molecule has 78 heavy (non-hydrogen) atoms. The normalized spacial score (nSPS) is 14.1. The molecule has 0 aliphatic rings. The molecule has 1 heterocycles. The number of aromatic nitrogens is 1. The molecule has 25 heteroatoms. The highest BCUT2D eigenvalue weighted by molar-refractivity contribution is 7.80. The van der Waals surface area contributed by atoms with E-state index in [1.54, 1.807) is 72.9 Å². The summed E-state index contributed by atoms with van der Waals surface area (Å²) >= 11 is 4.17. The van der Waals surface area contributed by atoms with Gasteiger partial charge in [-0.05, 0) is 81.3 Å². The SMILES string of the molecule is CC(N)C(=O)NCC(=O)NC(CS)C(=O)NC(CCCCN)C(=O)NC(CC(N)=O)C(=O)NC(Cc1ccccc1)C(=O)NC(Cc1ccccc1)C(=O)NC(Cc1c[nH]c2ccccc12)C(=O)NC(CCCCN)C(=O)O. The van der Waals surface area contributed by atoms with E-state index in [1.165, 1.54) is 6.92 Å². The van der Waals surface area contributed by atoms with Crippen LogP contribution in [0.5, 0.6) is 0 Å².